The fourth-order valence-corrected chi connectivity index (χ4v) is 3.43. The van der Waals surface area contributed by atoms with Gasteiger partial charge in [-0.1, -0.05) is 17.3 Å². The van der Waals surface area contributed by atoms with Crippen LogP contribution in [-0.2, 0) is 13.2 Å². The Morgan fingerprint density at radius 3 is 2.60 bits per heavy atom. The highest BCUT2D eigenvalue weighted by molar-refractivity contribution is 5.94. The summed E-state index contributed by atoms with van der Waals surface area (Å²) in [4.78, 5) is 17.0. The first kappa shape index (κ1) is 19.7. The number of imidazole rings is 1. The second kappa shape index (κ2) is 8.41. The van der Waals surface area contributed by atoms with Gasteiger partial charge in [-0.25, -0.2) is 4.98 Å². The molecule has 1 amide bonds. The maximum absolute atomic E-state index is 12.5. The molecule has 0 saturated heterocycles. The van der Waals surface area contributed by atoms with Gasteiger partial charge in [-0.15, -0.1) is 0 Å². The predicted octanol–water partition coefficient (Wildman–Crippen LogP) is 3.96. The number of hydrogen-bond acceptors (Lipinski definition) is 5. The molecule has 30 heavy (non-hydrogen) atoms. The lowest BCUT2D eigenvalue weighted by molar-refractivity contribution is 0.0952. The number of ether oxygens (including phenoxy) is 1. The van der Waals surface area contributed by atoms with E-state index in [1.54, 1.807) is 24.3 Å². The average Bonchev–Trinajstić information content (AvgIpc) is 3.25. The van der Waals surface area contributed by atoms with Crippen LogP contribution in [0.1, 0.15) is 33.2 Å². The number of nitrogens with one attached hydrogen (secondary N) is 1. The number of rotatable bonds is 7. The minimum absolute atomic E-state index is 0.116. The van der Waals surface area contributed by atoms with Crippen LogP contribution in [0, 0.1) is 20.8 Å². The summed E-state index contributed by atoms with van der Waals surface area (Å²) >= 11 is 0. The van der Waals surface area contributed by atoms with Crippen molar-refractivity contribution in [2.45, 2.75) is 33.9 Å². The van der Waals surface area contributed by atoms with Gasteiger partial charge in [0.15, 0.2) is 0 Å². The Morgan fingerprint density at radius 1 is 1.10 bits per heavy atom. The van der Waals surface area contributed by atoms with E-state index in [2.05, 4.69) is 20.0 Å². The minimum Gasteiger partial charge on any atom is -0.489 e. The lowest BCUT2D eigenvalue weighted by Crippen LogP contribution is -2.27. The molecule has 0 spiro atoms. The lowest BCUT2D eigenvalue weighted by Gasteiger charge is -2.10. The van der Waals surface area contributed by atoms with Crippen molar-refractivity contribution in [2.75, 3.05) is 6.54 Å². The zero-order chi connectivity index (χ0) is 21.1. The fourth-order valence-electron chi connectivity index (χ4n) is 3.43. The van der Waals surface area contributed by atoms with Gasteiger partial charge in [0, 0.05) is 18.7 Å². The number of carbonyl (C=O) groups is 1. The number of benzene rings is 2. The third kappa shape index (κ3) is 4.05. The molecule has 0 bridgehead atoms. The molecule has 4 rings (SSSR count). The van der Waals surface area contributed by atoms with Crippen molar-refractivity contribution in [1.82, 2.24) is 20.0 Å². The first-order valence-corrected chi connectivity index (χ1v) is 9.87. The molecule has 2 aromatic heterocycles. The van der Waals surface area contributed by atoms with Gasteiger partial charge in [-0.2, -0.15) is 0 Å². The van der Waals surface area contributed by atoms with Crippen molar-refractivity contribution in [1.29, 1.82) is 0 Å². The molecule has 0 radical (unpaired) electrons. The zero-order valence-electron chi connectivity index (χ0n) is 17.3. The summed E-state index contributed by atoms with van der Waals surface area (Å²) < 4.78 is 13.0. The molecule has 0 aliphatic carbocycles. The summed E-state index contributed by atoms with van der Waals surface area (Å²) in [5.41, 5.74) is 4.40. The van der Waals surface area contributed by atoms with Crippen LogP contribution in [0.5, 0.6) is 5.75 Å². The second-order valence-corrected chi connectivity index (χ2v) is 7.17. The van der Waals surface area contributed by atoms with Crippen LogP contribution in [0.15, 0.2) is 53.1 Å². The number of nitrogens with zero attached hydrogens (tertiary/aromatic N) is 3. The van der Waals surface area contributed by atoms with E-state index in [1.165, 1.54) is 0 Å². The Bertz CT molecular complexity index is 1160. The molecule has 154 valence electrons. The summed E-state index contributed by atoms with van der Waals surface area (Å²) in [5.74, 6) is 2.26. The highest BCUT2D eigenvalue weighted by Gasteiger charge is 2.11. The molecule has 0 saturated carbocycles. The standard InChI is InChI=1S/C23H24N4O3/c1-15-20(16(2)30-26-15)14-29-19-10-8-18(9-11-19)23(28)24-12-13-27-17(3)25-21-6-4-5-7-22(21)27/h4-11H,12-14H2,1-3H3,(H,24,28). The molecule has 0 aliphatic rings. The Labute approximate surface area is 174 Å². The fraction of sp³-hybridized carbons (Fsp3) is 0.261. The molecule has 0 atom stereocenters. The third-order valence-electron chi connectivity index (χ3n) is 5.15. The number of para-hydroxylation sites is 2. The number of hydrogen-bond donors (Lipinski definition) is 1. The molecule has 7 heteroatoms. The van der Waals surface area contributed by atoms with E-state index in [-0.39, 0.29) is 5.91 Å². The van der Waals surface area contributed by atoms with Gasteiger partial charge < -0.3 is 19.1 Å². The van der Waals surface area contributed by atoms with Crippen molar-refractivity contribution in [3.8, 4) is 5.75 Å². The van der Waals surface area contributed by atoms with Gasteiger partial charge >= 0.3 is 0 Å². The SMILES string of the molecule is Cc1noc(C)c1COc1ccc(C(=O)NCCn2c(C)nc3ccccc32)cc1. The number of aromatic nitrogens is 3. The Balaban J connectivity index is 1.32. The van der Waals surface area contributed by atoms with Crippen LogP contribution < -0.4 is 10.1 Å². The molecule has 0 fully saturated rings. The summed E-state index contributed by atoms with van der Waals surface area (Å²) in [6, 6.07) is 15.1. The first-order valence-electron chi connectivity index (χ1n) is 9.87. The van der Waals surface area contributed by atoms with E-state index in [1.807, 2.05) is 45.0 Å². The zero-order valence-corrected chi connectivity index (χ0v) is 17.3. The Kier molecular flexibility index (Phi) is 5.52. The molecule has 1 N–H and O–H groups in total. The summed E-state index contributed by atoms with van der Waals surface area (Å²) in [6.07, 6.45) is 0. The number of aryl methyl sites for hydroxylation is 3. The van der Waals surface area contributed by atoms with Crippen molar-refractivity contribution < 1.29 is 14.1 Å². The summed E-state index contributed by atoms with van der Waals surface area (Å²) in [6.45, 7) is 7.28. The second-order valence-electron chi connectivity index (χ2n) is 7.17. The van der Waals surface area contributed by atoms with Crippen LogP contribution >= 0.6 is 0 Å². The molecular weight excluding hydrogens is 380 g/mol. The smallest absolute Gasteiger partial charge is 0.251 e. The molecule has 0 unspecified atom stereocenters. The Morgan fingerprint density at radius 2 is 1.87 bits per heavy atom. The monoisotopic (exact) mass is 404 g/mol. The predicted molar refractivity (Wildman–Crippen MR) is 114 cm³/mol. The van der Waals surface area contributed by atoms with Gasteiger partial charge in [0.05, 0.1) is 22.3 Å². The van der Waals surface area contributed by atoms with Gasteiger partial charge in [0.1, 0.15) is 23.9 Å². The van der Waals surface area contributed by atoms with Crippen molar-refractivity contribution in [3.05, 3.63) is 76.9 Å². The van der Waals surface area contributed by atoms with E-state index in [9.17, 15) is 4.79 Å². The van der Waals surface area contributed by atoms with Crippen molar-refractivity contribution in [3.63, 3.8) is 0 Å². The summed E-state index contributed by atoms with van der Waals surface area (Å²) in [7, 11) is 0. The van der Waals surface area contributed by atoms with Crippen molar-refractivity contribution >= 4 is 16.9 Å². The quantitative estimate of drug-likeness (QED) is 0.504. The highest BCUT2D eigenvalue weighted by atomic mass is 16.5. The van der Waals surface area contributed by atoms with E-state index in [0.29, 0.717) is 31.0 Å². The average molecular weight is 404 g/mol. The molecular formula is C23H24N4O3. The van der Waals surface area contributed by atoms with E-state index < -0.39 is 0 Å². The van der Waals surface area contributed by atoms with E-state index >= 15 is 0 Å². The summed E-state index contributed by atoms with van der Waals surface area (Å²) in [5, 5.41) is 6.89. The van der Waals surface area contributed by atoms with Crippen LogP contribution in [0.3, 0.4) is 0 Å². The van der Waals surface area contributed by atoms with Gasteiger partial charge in [0.2, 0.25) is 0 Å². The van der Waals surface area contributed by atoms with Crippen LogP contribution in [0.25, 0.3) is 11.0 Å². The lowest BCUT2D eigenvalue weighted by atomic mass is 10.2. The normalized spacial score (nSPS) is 11.0. The minimum atomic E-state index is -0.116. The highest BCUT2D eigenvalue weighted by Crippen LogP contribution is 2.18. The third-order valence-corrected chi connectivity index (χ3v) is 5.15. The molecule has 0 aliphatic heterocycles. The molecule has 2 aromatic carbocycles. The van der Waals surface area contributed by atoms with Crippen molar-refractivity contribution in [2.24, 2.45) is 0 Å². The maximum atomic E-state index is 12.5. The maximum Gasteiger partial charge on any atom is 0.251 e. The van der Waals surface area contributed by atoms with Gasteiger partial charge in [-0.05, 0) is 57.2 Å². The largest absolute Gasteiger partial charge is 0.489 e. The molecule has 7 nitrogen and oxygen atoms in total. The van der Waals surface area contributed by atoms with E-state index in [4.69, 9.17) is 9.26 Å². The topological polar surface area (TPSA) is 82.2 Å². The van der Waals surface area contributed by atoms with Crippen LogP contribution in [-0.4, -0.2) is 27.2 Å². The molecule has 4 aromatic rings. The number of amides is 1. The van der Waals surface area contributed by atoms with Gasteiger partial charge in [0.25, 0.3) is 5.91 Å². The van der Waals surface area contributed by atoms with Gasteiger partial charge in [-0.3, -0.25) is 4.79 Å². The van der Waals surface area contributed by atoms with Crippen LogP contribution in [0.2, 0.25) is 0 Å². The number of fused-ring (bicyclic) bond motifs is 1. The first-order chi connectivity index (χ1) is 14.5. The molecule has 2 heterocycles. The number of carbonyl (C=O) groups excluding carboxylic acids is 1. The van der Waals surface area contributed by atoms with E-state index in [0.717, 1.165) is 33.9 Å². The van der Waals surface area contributed by atoms with Crippen LogP contribution in [0.4, 0.5) is 0 Å². The Hall–Kier alpha value is -3.61.